The minimum atomic E-state index is 0.136. The van der Waals surface area contributed by atoms with Crippen molar-refractivity contribution >= 4 is 17.2 Å². The Balaban J connectivity index is 1.80. The number of rotatable bonds is 3. The number of nitrogens with zero attached hydrogens (tertiary/aromatic N) is 1. The Morgan fingerprint density at radius 2 is 2.00 bits per heavy atom. The van der Waals surface area contributed by atoms with Crippen LogP contribution in [-0.4, -0.2) is 30.4 Å². The lowest BCUT2D eigenvalue weighted by atomic mass is 9.89. The summed E-state index contributed by atoms with van der Waals surface area (Å²) in [6.07, 6.45) is 0. The maximum atomic E-state index is 12.4. The molecule has 0 unspecified atom stereocenters. The van der Waals surface area contributed by atoms with Crippen LogP contribution in [0.3, 0.4) is 0 Å². The minimum Gasteiger partial charge on any atom is -0.337 e. The summed E-state index contributed by atoms with van der Waals surface area (Å²) < 4.78 is 0. The fourth-order valence-electron chi connectivity index (χ4n) is 2.91. The average Bonchev–Trinajstić information content (AvgIpc) is 3.17. The van der Waals surface area contributed by atoms with E-state index in [0.717, 1.165) is 18.0 Å². The highest BCUT2D eigenvalue weighted by Gasteiger charge is 2.35. The van der Waals surface area contributed by atoms with Crippen molar-refractivity contribution in [1.82, 2.24) is 4.90 Å². The lowest BCUT2D eigenvalue weighted by Gasteiger charge is -2.16. The van der Waals surface area contributed by atoms with Crippen LogP contribution in [-0.2, 0) is 0 Å². The van der Waals surface area contributed by atoms with Gasteiger partial charge >= 0.3 is 0 Å². The molecule has 1 aromatic heterocycles. The maximum absolute atomic E-state index is 12.4. The zero-order valence-corrected chi connectivity index (χ0v) is 12.1. The summed E-state index contributed by atoms with van der Waals surface area (Å²) in [6, 6.07) is 14.2. The lowest BCUT2D eigenvalue weighted by Crippen LogP contribution is -2.29. The molecule has 0 saturated carbocycles. The third kappa shape index (κ3) is 2.49. The van der Waals surface area contributed by atoms with Crippen molar-refractivity contribution in [2.24, 2.45) is 11.7 Å². The molecule has 2 aromatic rings. The molecule has 0 spiro atoms. The molecule has 2 N–H and O–H groups in total. The van der Waals surface area contributed by atoms with Gasteiger partial charge in [-0.15, -0.1) is 11.3 Å². The Bertz CT molecular complexity index is 567. The quantitative estimate of drug-likeness (QED) is 0.942. The molecule has 1 amide bonds. The first-order valence-corrected chi connectivity index (χ1v) is 7.75. The fourth-order valence-corrected chi connectivity index (χ4v) is 3.60. The van der Waals surface area contributed by atoms with E-state index in [1.165, 1.54) is 16.9 Å². The van der Waals surface area contributed by atoms with Crippen LogP contribution in [0.5, 0.6) is 0 Å². The molecule has 1 saturated heterocycles. The van der Waals surface area contributed by atoms with Crippen LogP contribution < -0.4 is 5.73 Å². The summed E-state index contributed by atoms with van der Waals surface area (Å²) in [6.45, 7) is 2.14. The highest BCUT2D eigenvalue weighted by atomic mass is 32.1. The first-order valence-electron chi connectivity index (χ1n) is 6.87. The molecular formula is C16H18N2OS. The molecule has 1 fully saturated rings. The van der Waals surface area contributed by atoms with Crippen molar-refractivity contribution in [3.05, 3.63) is 58.3 Å². The van der Waals surface area contributed by atoms with E-state index >= 15 is 0 Å². The number of amides is 1. The van der Waals surface area contributed by atoms with E-state index in [1.807, 2.05) is 40.6 Å². The predicted octanol–water partition coefficient (Wildman–Crippen LogP) is 2.56. The standard InChI is InChI=1S/C16H18N2OS/c17-9-13-10-18(16(19)15-7-4-8-20-15)11-14(13)12-5-2-1-3-6-12/h1-8,13-14H,9-11,17H2/t13-,14+/m1/s1. The van der Waals surface area contributed by atoms with E-state index in [2.05, 4.69) is 12.1 Å². The molecular weight excluding hydrogens is 268 g/mol. The maximum Gasteiger partial charge on any atom is 0.263 e. The number of carbonyl (C=O) groups is 1. The van der Waals surface area contributed by atoms with Crippen LogP contribution in [0, 0.1) is 5.92 Å². The second-order valence-corrected chi connectivity index (χ2v) is 6.15. The number of thiophene rings is 1. The number of hydrogen-bond donors (Lipinski definition) is 1. The van der Waals surface area contributed by atoms with Gasteiger partial charge in [-0.3, -0.25) is 4.79 Å². The second kappa shape index (κ2) is 5.77. The number of nitrogens with two attached hydrogens (primary N) is 1. The van der Waals surface area contributed by atoms with E-state index < -0.39 is 0 Å². The summed E-state index contributed by atoms with van der Waals surface area (Å²) >= 11 is 1.50. The smallest absolute Gasteiger partial charge is 0.263 e. The molecule has 2 atom stereocenters. The van der Waals surface area contributed by atoms with Gasteiger partial charge < -0.3 is 10.6 Å². The van der Waals surface area contributed by atoms with Crippen molar-refractivity contribution < 1.29 is 4.79 Å². The summed E-state index contributed by atoms with van der Waals surface area (Å²) in [5.74, 6) is 0.836. The van der Waals surface area contributed by atoms with Crippen LogP contribution in [0.15, 0.2) is 47.8 Å². The molecule has 3 rings (SSSR count). The molecule has 1 aliphatic heterocycles. The minimum absolute atomic E-state index is 0.136. The number of hydrogen-bond acceptors (Lipinski definition) is 3. The molecule has 4 heteroatoms. The molecule has 1 aliphatic rings. The SMILES string of the molecule is NC[C@@H]1CN(C(=O)c2cccs2)C[C@H]1c1ccccc1. The second-order valence-electron chi connectivity index (χ2n) is 5.20. The molecule has 20 heavy (non-hydrogen) atoms. The summed E-state index contributed by atoms with van der Waals surface area (Å²) in [5, 5.41) is 1.94. The average molecular weight is 286 g/mol. The van der Waals surface area contributed by atoms with Gasteiger partial charge in [0.1, 0.15) is 0 Å². The Morgan fingerprint density at radius 1 is 1.20 bits per heavy atom. The lowest BCUT2D eigenvalue weighted by molar-refractivity contribution is 0.0791. The number of benzene rings is 1. The first-order chi connectivity index (χ1) is 9.79. The molecule has 0 bridgehead atoms. The normalized spacial score (nSPS) is 22.1. The summed E-state index contributed by atoms with van der Waals surface area (Å²) in [5.41, 5.74) is 7.19. The predicted molar refractivity (Wildman–Crippen MR) is 81.9 cm³/mol. The van der Waals surface area contributed by atoms with Gasteiger partial charge in [-0.2, -0.15) is 0 Å². The molecule has 104 valence electrons. The highest BCUT2D eigenvalue weighted by Crippen LogP contribution is 2.33. The van der Waals surface area contributed by atoms with Gasteiger partial charge in [0.05, 0.1) is 4.88 Å². The van der Waals surface area contributed by atoms with Gasteiger partial charge in [0, 0.05) is 19.0 Å². The van der Waals surface area contributed by atoms with Crippen molar-refractivity contribution in [2.45, 2.75) is 5.92 Å². The Morgan fingerprint density at radius 3 is 2.65 bits per heavy atom. The van der Waals surface area contributed by atoms with E-state index in [-0.39, 0.29) is 5.91 Å². The Hall–Kier alpha value is -1.65. The third-order valence-corrected chi connectivity index (χ3v) is 4.85. The van der Waals surface area contributed by atoms with Gasteiger partial charge in [-0.05, 0) is 29.5 Å². The van der Waals surface area contributed by atoms with E-state index in [9.17, 15) is 4.79 Å². The van der Waals surface area contributed by atoms with Crippen LogP contribution >= 0.6 is 11.3 Å². The van der Waals surface area contributed by atoms with Gasteiger partial charge in [0.15, 0.2) is 0 Å². The fraction of sp³-hybridized carbons (Fsp3) is 0.312. The van der Waals surface area contributed by atoms with Crippen LogP contribution in [0.1, 0.15) is 21.2 Å². The van der Waals surface area contributed by atoms with Crippen molar-refractivity contribution in [3.8, 4) is 0 Å². The van der Waals surface area contributed by atoms with Crippen LogP contribution in [0.4, 0.5) is 0 Å². The zero-order chi connectivity index (χ0) is 13.9. The monoisotopic (exact) mass is 286 g/mol. The third-order valence-electron chi connectivity index (χ3n) is 3.99. The van der Waals surface area contributed by atoms with E-state index in [0.29, 0.717) is 18.4 Å². The molecule has 3 nitrogen and oxygen atoms in total. The van der Waals surface area contributed by atoms with E-state index in [4.69, 9.17) is 5.73 Å². The van der Waals surface area contributed by atoms with Gasteiger partial charge in [-0.1, -0.05) is 36.4 Å². The molecule has 2 heterocycles. The topological polar surface area (TPSA) is 46.3 Å². The largest absolute Gasteiger partial charge is 0.337 e. The van der Waals surface area contributed by atoms with Crippen molar-refractivity contribution in [2.75, 3.05) is 19.6 Å². The van der Waals surface area contributed by atoms with E-state index in [1.54, 1.807) is 0 Å². The summed E-state index contributed by atoms with van der Waals surface area (Å²) in [7, 11) is 0. The van der Waals surface area contributed by atoms with Crippen molar-refractivity contribution in [3.63, 3.8) is 0 Å². The first kappa shape index (κ1) is 13.3. The van der Waals surface area contributed by atoms with Gasteiger partial charge in [-0.25, -0.2) is 0 Å². The van der Waals surface area contributed by atoms with Gasteiger partial charge in [0.25, 0.3) is 5.91 Å². The molecule has 1 aromatic carbocycles. The van der Waals surface area contributed by atoms with Crippen LogP contribution in [0.25, 0.3) is 0 Å². The summed E-state index contributed by atoms with van der Waals surface area (Å²) in [4.78, 5) is 15.2. The highest BCUT2D eigenvalue weighted by molar-refractivity contribution is 7.12. The zero-order valence-electron chi connectivity index (χ0n) is 11.2. The van der Waals surface area contributed by atoms with Crippen molar-refractivity contribution in [1.29, 1.82) is 0 Å². The van der Waals surface area contributed by atoms with Gasteiger partial charge in [0.2, 0.25) is 0 Å². The Kier molecular flexibility index (Phi) is 3.85. The van der Waals surface area contributed by atoms with Crippen LogP contribution in [0.2, 0.25) is 0 Å². The number of carbonyl (C=O) groups excluding carboxylic acids is 1. The Labute approximate surface area is 123 Å². The molecule has 0 aliphatic carbocycles. The number of likely N-dealkylation sites (tertiary alicyclic amines) is 1. The molecule has 0 radical (unpaired) electrons.